The van der Waals surface area contributed by atoms with Crippen LogP contribution in [0.25, 0.3) is 0 Å². The summed E-state index contributed by atoms with van der Waals surface area (Å²) in [5.74, 6) is -0.879. The van der Waals surface area contributed by atoms with Gasteiger partial charge < -0.3 is 9.64 Å². The second kappa shape index (κ2) is 11.6. The number of benzene rings is 3. The number of hydrogen-bond acceptors (Lipinski definition) is 5. The highest BCUT2D eigenvalue weighted by atomic mass is 79.9. The maximum absolute atomic E-state index is 13.1. The van der Waals surface area contributed by atoms with Gasteiger partial charge in [0.15, 0.2) is 0 Å². The molecular formula is C24H22Br2N2O5S. The summed E-state index contributed by atoms with van der Waals surface area (Å²) in [6, 6.07) is 20.5. The van der Waals surface area contributed by atoms with Crippen molar-refractivity contribution in [2.24, 2.45) is 0 Å². The topological polar surface area (TPSA) is 92.8 Å². The van der Waals surface area contributed by atoms with Gasteiger partial charge in [-0.15, -0.1) is 0 Å². The van der Waals surface area contributed by atoms with Crippen LogP contribution in [-0.4, -0.2) is 45.4 Å². The Morgan fingerprint density at radius 2 is 1.65 bits per heavy atom. The van der Waals surface area contributed by atoms with Crippen LogP contribution in [0, 0.1) is 0 Å². The van der Waals surface area contributed by atoms with E-state index in [4.69, 9.17) is 4.74 Å². The van der Waals surface area contributed by atoms with Crippen molar-refractivity contribution in [2.75, 3.05) is 24.9 Å². The van der Waals surface area contributed by atoms with Gasteiger partial charge in [0.1, 0.15) is 11.4 Å². The molecule has 0 fully saturated rings. The zero-order valence-electron chi connectivity index (χ0n) is 18.2. The smallest absolute Gasteiger partial charge is 0.325 e. The van der Waals surface area contributed by atoms with Crippen molar-refractivity contribution in [1.29, 1.82) is 0 Å². The van der Waals surface area contributed by atoms with Crippen molar-refractivity contribution < 1.29 is 22.7 Å². The van der Waals surface area contributed by atoms with Crippen LogP contribution in [0.4, 0.5) is 5.69 Å². The van der Waals surface area contributed by atoms with Crippen molar-refractivity contribution in [3.63, 3.8) is 0 Å². The molecule has 0 radical (unpaired) electrons. The van der Waals surface area contributed by atoms with Crippen LogP contribution in [0.15, 0.2) is 86.6 Å². The van der Waals surface area contributed by atoms with Gasteiger partial charge in [0, 0.05) is 26.7 Å². The summed E-state index contributed by atoms with van der Waals surface area (Å²) in [5, 5.41) is 0. The first-order chi connectivity index (χ1) is 16.2. The third kappa shape index (κ3) is 6.91. The van der Waals surface area contributed by atoms with Gasteiger partial charge in [0.2, 0.25) is 0 Å². The SMILES string of the molecule is COC(=O)CN(CCc1ccccc1)C(=O)c1ccc(NS(=O)(=O)c2cc(Br)ccc2Br)cc1. The minimum Gasteiger partial charge on any atom is -0.468 e. The van der Waals surface area contributed by atoms with Crippen molar-refractivity contribution in [3.05, 3.63) is 92.9 Å². The lowest BCUT2D eigenvalue weighted by atomic mass is 10.1. The molecule has 0 saturated carbocycles. The van der Waals surface area contributed by atoms with Crippen LogP contribution in [0.3, 0.4) is 0 Å². The van der Waals surface area contributed by atoms with Gasteiger partial charge in [0.25, 0.3) is 15.9 Å². The van der Waals surface area contributed by atoms with Gasteiger partial charge in [-0.25, -0.2) is 8.42 Å². The largest absolute Gasteiger partial charge is 0.468 e. The van der Waals surface area contributed by atoms with Crippen molar-refractivity contribution in [3.8, 4) is 0 Å². The van der Waals surface area contributed by atoms with Gasteiger partial charge in [-0.1, -0.05) is 46.3 Å². The monoisotopic (exact) mass is 608 g/mol. The number of anilines is 1. The lowest BCUT2D eigenvalue weighted by Crippen LogP contribution is -2.37. The normalized spacial score (nSPS) is 11.0. The van der Waals surface area contributed by atoms with Crippen LogP contribution in [0.1, 0.15) is 15.9 Å². The molecule has 0 heterocycles. The molecule has 0 unspecified atom stereocenters. The highest BCUT2D eigenvalue weighted by molar-refractivity contribution is 9.11. The number of esters is 1. The van der Waals surface area contributed by atoms with E-state index >= 15 is 0 Å². The number of nitrogens with one attached hydrogen (secondary N) is 1. The highest BCUT2D eigenvalue weighted by Crippen LogP contribution is 2.27. The number of nitrogens with zero attached hydrogens (tertiary/aromatic N) is 1. The van der Waals surface area contributed by atoms with E-state index in [1.165, 1.54) is 42.3 Å². The minimum atomic E-state index is -3.86. The molecule has 3 aromatic rings. The second-order valence-electron chi connectivity index (χ2n) is 7.30. The quantitative estimate of drug-likeness (QED) is 0.350. The van der Waals surface area contributed by atoms with Crippen LogP contribution in [0.2, 0.25) is 0 Å². The fourth-order valence-corrected chi connectivity index (χ4v) is 5.70. The zero-order chi connectivity index (χ0) is 24.7. The maximum atomic E-state index is 13.1. The molecule has 7 nitrogen and oxygen atoms in total. The summed E-state index contributed by atoms with van der Waals surface area (Å²) >= 11 is 6.53. The molecule has 0 spiro atoms. The standard InChI is InChI=1S/C24H22Br2N2O5S/c1-33-23(29)16-28(14-13-17-5-3-2-4-6-17)24(30)18-7-10-20(11-8-18)27-34(31,32)22-15-19(25)9-12-21(22)26/h2-12,15,27H,13-14,16H2,1H3. The molecule has 34 heavy (non-hydrogen) atoms. The Hall–Kier alpha value is -2.69. The Kier molecular flexibility index (Phi) is 8.87. The lowest BCUT2D eigenvalue weighted by Gasteiger charge is -2.22. The molecule has 0 saturated heterocycles. The van der Waals surface area contributed by atoms with Crippen LogP contribution in [-0.2, 0) is 26.0 Å². The van der Waals surface area contributed by atoms with E-state index in [9.17, 15) is 18.0 Å². The average molecular weight is 610 g/mol. The molecule has 1 N–H and O–H groups in total. The molecule has 0 atom stereocenters. The summed E-state index contributed by atoms with van der Waals surface area (Å²) in [7, 11) is -2.59. The van der Waals surface area contributed by atoms with Crippen molar-refractivity contribution in [1.82, 2.24) is 4.90 Å². The molecule has 1 amide bonds. The Morgan fingerprint density at radius 1 is 0.971 bits per heavy atom. The molecule has 0 aromatic heterocycles. The number of sulfonamides is 1. The van der Waals surface area contributed by atoms with E-state index in [0.29, 0.717) is 33.2 Å². The van der Waals surface area contributed by atoms with E-state index in [1.54, 1.807) is 12.1 Å². The number of methoxy groups -OCH3 is 1. The van der Waals surface area contributed by atoms with Gasteiger partial charge >= 0.3 is 5.97 Å². The molecule has 0 aliphatic carbocycles. The zero-order valence-corrected chi connectivity index (χ0v) is 22.2. The Labute approximate surface area is 215 Å². The second-order valence-corrected chi connectivity index (χ2v) is 10.7. The minimum absolute atomic E-state index is 0.0761. The molecule has 3 aromatic carbocycles. The van der Waals surface area contributed by atoms with E-state index < -0.39 is 16.0 Å². The first-order valence-electron chi connectivity index (χ1n) is 10.2. The van der Waals surface area contributed by atoms with E-state index in [0.717, 1.165) is 5.56 Å². The lowest BCUT2D eigenvalue weighted by molar-refractivity contribution is -0.141. The molecule has 0 aliphatic heterocycles. The van der Waals surface area contributed by atoms with Gasteiger partial charge in [-0.3, -0.25) is 14.3 Å². The number of carbonyl (C=O) groups excluding carboxylic acids is 2. The van der Waals surface area contributed by atoms with Crippen molar-refractivity contribution >= 4 is 59.4 Å². The fourth-order valence-electron chi connectivity index (χ4n) is 3.14. The van der Waals surface area contributed by atoms with Gasteiger partial charge in [0.05, 0.1) is 7.11 Å². The fraction of sp³-hybridized carbons (Fsp3) is 0.167. The summed E-state index contributed by atoms with van der Waals surface area (Å²) in [6.45, 7) is 0.136. The number of carbonyl (C=O) groups is 2. The summed E-state index contributed by atoms with van der Waals surface area (Å²) < 4.78 is 33.9. The first-order valence-corrected chi connectivity index (χ1v) is 13.2. The third-order valence-corrected chi connectivity index (χ3v) is 7.78. The van der Waals surface area contributed by atoms with Crippen LogP contribution in [0.5, 0.6) is 0 Å². The van der Waals surface area contributed by atoms with Crippen LogP contribution >= 0.6 is 31.9 Å². The molecule has 10 heteroatoms. The summed E-state index contributed by atoms with van der Waals surface area (Å²) in [5.41, 5.74) is 1.66. The van der Waals surface area contributed by atoms with Crippen molar-refractivity contribution in [2.45, 2.75) is 11.3 Å². The summed E-state index contributed by atoms with van der Waals surface area (Å²) in [6.07, 6.45) is 0.572. The van der Waals surface area contributed by atoms with Gasteiger partial charge in [-0.2, -0.15) is 0 Å². The van der Waals surface area contributed by atoms with Crippen LogP contribution < -0.4 is 4.72 Å². The number of hydrogen-bond donors (Lipinski definition) is 1. The average Bonchev–Trinajstić information content (AvgIpc) is 2.83. The highest BCUT2D eigenvalue weighted by Gasteiger charge is 2.21. The maximum Gasteiger partial charge on any atom is 0.325 e. The Bertz CT molecular complexity index is 1270. The van der Waals surface area contributed by atoms with E-state index in [-0.39, 0.29) is 17.3 Å². The number of amides is 1. The number of halogens is 2. The summed E-state index contributed by atoms with van der Waals surface area (Å²) in [4.78, 5) is 26.4. The Morgan fingerprint density at radius 3 is 2.29 bits per heavy atom. The molecule has 178 valence electrons. The molecule has 0 bridgehead atoms. The molecule has 3 rings (SSSR count). The molecular weight excluding hydrogens is 588 g/mol. The first kappa shape index (κ1) is 25.9. The Balaban J connectivity index is 1.75. The van der Waals surface area contributed by atoms with E-state index in [2.05, 4.69) is 36.6 Å². The molecule has 0 aliphatic rings. The predicted octanol–water partition coefficient (Wildman–Crippen LogP) is 4.87. The predicted molar refractivity (Wildman–Crippen MR) is 137 cm³/mol. The van der Waals surface area contributed by atoms with E-state index in [1.807, 2.05) is 30.3 Å². The third-order valence-electron chi connectivity index (χ3n) is 4.91. The van der Waals surface area contributed by atoms with Gasteiger partial charge in [-0.05, 0) is 70.4 Å². The number of ether oxygens (including phenoxy) is 1. The number of rotatable bonds is 9.